The molecule has 26 heavy (non-hydrogen) atoms. The standard InChI is InChI=1S/C22H38O4/c1-4-5-6-13-16-20(23)17-14-11-9-7-8-10-12-15-18-21(24)26-22(25)19(2)3/h11,14,20,23H,2,4-10,12-13,15-18H2,1,3H3/b14-11-/t20-/m1/s1. The number of hydrogen-bond donors (Lipinski definition) is 1. The number of carbonyl (C=O) groups excluding carboxylic acids is 2. The SMILES string of the molecule is C=C(C)C(=O)OC(=O)CCCCCCC/C=C\C[C@H](O)CCCCCC. The lowest BCUT2D eigenvalue weighted by Gasteiger charge is -2.07. The van der Waals surface area contributed by atoms with Crippen molar-refractivity contribution in [3.05, 3.63) is 24.3 Å². The average molecular weight is 367 g/mol. The van der Waals surface area contributed by atoms with Gasteiger partial charge < -0.3 is 9.84 Å². The molecule has 1 N–H and O–H groups in total. The number of ether oxygens (including phenoxy) is 1. The van der Waals surface area contributed by atoms with E-state index in [0.29, 0.717) is 0 Å². The zero-order valence-electron chi connectivity index (χ0n) is 16.8. The van der Waals surface area contributed by atoms with E-state index >= 15 is 0 Å². The summed E-state index contributed by atoms with van der Waals surface area (Å²) in [4.78, 5) is 22.6. The van der Waals surface area contributed by atoms with E-state index in [2.05, 4.69) is 30.4 Å². The van der Waals surface area contributed by atoms with E-state index in [-0.39, 0.29) is 18.1 Å². The van der Waals surface area contributed by atoms with Gasteiger partial charge in [-0.25, -0.2) is 4.79 Å². The van der Waals surface area contributed by atoms with Crippen LogP contribution in [0.2, 0.25) is 0 Å². The van der Waals surface area contributed by atoms with Gasteiger partial charge in [-0.2, -0.15) is 0 Å². The van der Waals surface area contributed by atoms with Crippen LogP contribution in [0.1, 0.15) is 97.3 Å². The number of unbranched alkanes of at least 4 members (excludes halogenated alkanes) is 8. The van der Waals surface area contributed by atoms with Gasteiger partial charge in [0.05, 0.1) is 6.10 Å². The van der Waals surface area contributed by atoms with Gasteiger partial charge in [0.25, 0.3) is 0 Å². The van der Waals surface area contributed by atoms with Crippen LogP contribution in [0.3, 0.4) is 0 Å². The first-order valence-electron chi connectivity index (χ1n) is 10.2. The van der Waals surface area contributed by atoms with Crippen molar-refractivity contribution >= 4 is 11.9 Å². The molecule has 0 saturated carbocycles. The van der Waals surface area contributed by atoms with Gasteiger partial charge in [0.1, 0.15) is 0 Å². The summed E-state index contributed by atoms with van der Waals surface area (Å²) in [6, 6.07) is 0. The molecule has 4 heteroatoms. The minimum absolute atomic E-state index is 0.195. The summed E-state index contributed by atoms with van der Waals surface area (Å²) in [6.07, 6.45) is 16.9. The molecular formula is C22H38O4. The molecule has 0 bridgehead atoms. The fourth-order valence-corrected chi connectivity index (χ4v) is 2.60. The van der Waals surface area contributed by atoms with E-state index in [1.54, 1.807) is 0 Å². The quantitative estimate of drug-likeness (QED) is 0.126. The summed E-state index contributed by atoms with van der Waals surface area (Å²) in [7, 11) is 0. The molecule has 0 aromatic carbocycles. The van der Waals surface area contributed by atoms with Crippen LogP contribution in [0, 0.1) is 0 Å². The van der Waals surface area contributed by atoms with Crippen LogP contribution in [-0.4, -0.2) is 23.1 Å². The Kier molecular flexibility index (Phi) is 16.1. The highest BCUT2D eigenvalue weighted by atomic mass is 16.6. The maximum Gasteiger partial charge on any atom is 0.340 e. The number of allylic oxidation sites excluding steroid dienone is 1. The third kappa shape index (κ3) is 16.1. The van der Waals surface area contributed by atoms with Gasteiger partial charge in [-0.15, -0.1) is 0 Å². The molecule has 150 valence electrons. The first kappa shape index (κ1) is 24.6. The maximum absolute atomic E-state index is 11.4. The number of aliphatic hydroxyl groups is 1. The van der Waals surface area contributed by atoms with Crippen molar-refractivity contribution in [3.8, 4) is 0 Å². The first-order chi connectivity index (χ1) is 12.5. The topological polar surface area (TPSA) is 63.6 Å². The molecule has 0 fully saturated rings. The lowest BCUT2D eigenvalue weighted by atomic mass is 10.1. The fourth-order valence-electron chi connectivity index (χ4n) is 2.60. The first-order valence-corrected chi connectivity index (χ1v) is 10.2. The van der Waals surface area contributed by atoms with Gasteiger partial charge in [-0.05, 0) is 39.0 Å². The largest absolute Gasteiger partial charge is 0.393 e. The Morgan fingerprint density at radius 1 is 1.00 bits per heavy atom. The Labute approximate surface area is 159 Å². The average Bonchev–Trinajstić information content (AvgIpc) is 2.60. The van der Waals surface area contributed by atoms with E-state index in [1.165, 1.54) is 26.2 Å². The van der Waals surface area contributed by atoms with Gasteiger partial charge in [0.15, 0.2) is 0 Å². The van der Waals surface area contributed by atoms with Crippen LogP contribution in [0.4, 0.5) is 0 Å². The maximum atomic E-state index is 11.4. The number of carbonyl (C=O) groups is 2. The zero-order chi connectivity index (χ0) is 19.6. The molecule has 0 saturated heterocycles. The lowest BCUT2D eigenvalue weighted by Crippen LogP contribution is -2.12. The lowest BCUT2D eigenvalue weighted by molar-refractivity contribution is -0.156. The molecule has 0 spiro atoms. The summed E-state index contributed by atoms with van der Waals surface area (Å²) in [5.74, 6) is -1.10. The number of rotatable bonds is 16. The smallest absolute Gasteiger partial charge is 0.340 e. The van der Waals surface area contributed by atoms with E-state index < -0.39 is 11.9 Å². The highest BCUT2D eigenvalue weighted by Crippen LogP contribution is 2.11. The van der Waals surface area contributed by atoms with Gasteiger partial charge >= 0.3 is 11.9 Å². The van der Waals surface area contributed by atoms with Crippen LogP contribution in [0.25, 0.3) is 0 Å². The Balaban J connectivity index is 3.43. The minimum Gasteiger partial charge on any atom is -0.393 e. The molecule has 1 atom stereocenters. The molecule has 0 rings (SSSR count). The van der Waals surface area contributed by atoms with Crippen molar-refractivity contribution in [3.63, 3.8) is 0 Å². The summed E-state index contributed by atoms with van der Waals surface area (Å²) in [6.45, 7) is 7.16. The molecule has 4 nitrogen and oxygen atoms in total. The molecule has 0 aromatic heterocycles. The monoisotopic (exact) mass is 366 g/mol. The molecule has 0 amide bonds. The number of hydrogen-bond acceptors (Lipinski definition) is 4. The Hall–Kier alpha value is -1.42. The third-order valence-electron chi connectivity index (χ3n) is 4.27. The second-order valence-corrected chi connectivity index (χ2v) is 7.06. The molecule has 0 heterocycles. The number of aliphatic hydroxyl groups excluding tert-OH is 1. The van der Waals surface area contributed by atoms with Crippen LogP contribution in [0.5, 0.6) is 0 Å². The van der Waals surface area contributed by atoms with Crippen molar-refractivity contribution in [1.82, 2.24) is 0 Å². The van der Waals surface area contributed by atoms with Gasteiger partial charge in [-0.1, -0.05) is 70.6 Å². The second-order valence-electron chi connectivity index (χ2n) is 7.06. The number of esters is 2. The van der Waals surface area contributed by atoms with E-state index in [0.717, 1.165) is 57.8 Å². The molecule has 0 unspecified atom stereocenters. The summed E-state index contributed by atoms with van der Waals surface area (Å²) in [5.41, 5.74) is 0.246. The van der Waals surface area contributed by atoms with Crippen molar-refractivity contribution in [1.29, 1.82) is 0 Å². The molecule has 0 radical (unpaired) electrons. The minimum atomic E-state index is -0.632. The summed E-state index contributed by atoms with van der Waals surface area (Å²) in [5, 5.41) is 9.86. The van der Waals surface area contributed by atoms with Crippen molar-refractivity contribution in [2.45, 2.75) is 103 Å². The van der Waals surface area contributed by atoms with Gasteiger partial charge in [0.2, 0.25) is 0 Å². The highest BCUT2D eigenvalue weighted by Gasteiger charge is 2.10. The van der Waals surface area contributed by atoms with Crippen molar-refractivity contribution < 1.29 is 19.4 Å². The van der Waals surface area contributed by atoms with Gasteiger partial charge in [-0.3, -0.25) is 4.79 Å². The van der Waals surface area contributed by atoms with Crippen LogP contribution in [-0.2, 0) is 14.3 Å². The predicted molar refractivity (Wildman–Crippen MR) is 107 cm³/mol. The molecule has 0 aliphatic rings. The Morgan fingerprint density at radius 2 is 1.65 bits per heavy atom. The van der Waals surface area contributed by atoms with Crippen molar-refractivity contribution in [2.75, 3.05) is 0 Å². The van der Waals surface area contributed by atoms with E-state index in [1.807, 2.05) is 0 Å². The normalized spacial score (nSPS) is 12.3. The third-order valence-corrected chi connectivity index (χ3v) is 4.27. The Morgan fingerprint density at radius 3 is 2.35 bits per heavy atom. The zero-order valence-corrected chi connectivity index (χ0v) is 16.8. The highest BCUT2D eigenvalue weighted by molar-refractivity contribution is 5.95. The fraction of sp³-hybridized carbons (Fsp3) is 0.727. The molecule has 0 aliphatic carbocycles. The Bertz CT molecular complexity index is 426. The molecule has 0 aliphatic heterocycles. The van der Waals surface area contributed by atoms with Crippen LogP contribution >= 0.6 is 0 Å². The van der Waals surface area contributed by atoms with E-state index in [4.69, 9.17) is 0 Å². The van der Waals surface area contributed by atoms with Crippen LogP contribution in [0.15, 0.2) is 24.3 Å². The second kappa shape index (κ2) is 17.0. The summed E-state index contributed by atoms with van der Waals surface area (Å²) >= 11 is 0. The molecule has 0 aromatic rings. The predicted octanol–water partition coefficient (Wildman–Crippen LogP) is 5.64. The van der Waals surface area contributed by atoms with Crippen molar-refractivity contribution in [2.24, 2.45) is 0 Å². The van der Waals surface area contributed by atoms with Crippen LogP contribution < -0.4 is 0 Å². The molecular weight excluding hydrogens is 328 g/mol. The van der Waals surface area contributed by atoms with E-state index in [9.17, 15) is 14.7 Å². The van der Waals surface area contributed by atoms with Gasteiger partial charge in [0, 0.05) is 12.0 Å². The summed E-state index contributed by atoms with van der Waals surface area (Å²) < 4.78 is 4.63.